The predicted molar refractivity (Wildman–Crippen MR) is 75.6 cm³/mol. The van der Waals surface area contributed by atoms with Gasteiger partial charge in [0, 0.05) is 18.0 Å². The van der Waals surface area contributed by atoms with Gasteiger partial charge in [0.15, 0.2) is 0 Å². The molecule has 2 rings (SSSR count). The average molecular weight is 312 g/mol. The average Bonchev–Trinajstić information content (AvgIpc) is 2.76. The Morgan fingerprint density at radius 2 is 1.88 bits per heavy atom. The quantitative estimate of drug-likeness (QED) is 0.906. The lowest BCUT2D eigenvalue weighted by Gasteiger charge is -2.04. The van der Waals surface area contributed by atoms with Crippen LogP contribution in [0.15, 0.2) is 40.2 Å². The lowest BCUT2D eigenvalue weighted by molar-refractivity contribution is 0.414. The van der Waals surface area contributed by atoms with Crippen molar-refractivity contribution in [1.82, 2.24) is 5.32 Å². The molecule has 0 aliphatic heterocycles. The van der Waals surface area contributed by atoms with Crippen molar-refractivity contribution in [3.8, 4) is 5.75 Å². The number of thiophene rings is 1. The van der Waals surface area contributed by atoms with Gasteiger partial charge in [0.25, 0.3) is 0 Å². The van der Waals surface area contributed by atoms with Crippen LogP contribution < -0.4 is 10.1 Å². The van der Waals surface area contributed by atoms with Crippen LogP contribution in [0.25, 0.3) is 0 Å². The fraction of sp³-hybridized carbons (Fsp3) is 0.231. The van der Waals surface area contributed by atoms with Gasteiger partial charge in [0.05, 0.1) is 10.9 Å². The second-order valence-corrected chi connectivity index (χ2v) is 6.21. The maximum atomic E-state index is 5.12. The number of methoxy groups -OCH3 is 1. The maximum Gasteiger partial charge on any atom is 0.118 e. The Labute approximate surface area is 114 Å². The van der Waals surface area contributed by atoms with Crippen molar-refractivity contribution >= 4 is 27.3 Å². The molecule has 0 saturated carbocycles. The SMILES string of the molecule is COc1ccc(CNCc2ccc(Br)s2)cc1. The summed E-state index contributed by atoms with van der Waals surface area (Å²) in [6.45, 7) is 1.78. The summed E-state index contributed by atoms with van der Waals surface area (Å²) in [4.78, 5) is 1.34. The van der Waals surface area contributed by atoms with E-state index >= 15 is 0 Å². The zero-order valence-electron chi connectivity index (χ0n) is 9.57. The van der Waals surface area contributed by atoms with E-state index in [0.29, 0.717) is 0 Å². The molecule has 1 heterocycles. The largest absolute Gasteiger partial charge is 0.497 e. The van der Waals surface area contributed by atoms with Gasteiger partial charge in [-0.15, -0.1) is 11.3 Å². The molecule has 0 atom stereocenters. The Balaban J connectivity index is 1.81. The number of rotatable bonds is 5. The summed E-state index contributed by atoms with van der Waals surface area (Å²) < 4.78 is 6.30. The van der Waals surface area contributed by atoms with Crippen LogP contribution >= 0.6 is 27.3 Å². The highest BCUT2D eigenvalue weighted by Crippen LogP contribution is 2.21. The lowest BCUT2D eigenvalue weighted by atomic mass is 10.2. The Morgan fingerprint density at radius 1 is 1.12 bits per heavy atom. The number of hydrogen-bond donors (Lipinski definition) is 1. The summed E-state index contributed by atoms with van der Waals surface area (Å²) in [6, 6.07) is 12.3. The molecule has 17 heavy (non-hydrogen) atoms. The van der Waals surface area contributed by atoms with E-state index < -0.39 is 0 Å². The zero-order valence-corrected chi connectivity index (χ0v) is 12.0. The minimum absolute atomic E-state index is 0.875. The first-order valence-corrected chi connectivity index (χ1v) is 6.97. The van der Waals surface area contributed by atoms with Crippen molar-refractivity contribution < 1.29 is 4.74 Å². The van der Waals surface area contributed by atoms with Crippen LogP contribution in [0.5, 0.6) is 5.75 Å². The van der Waals surface area contributed by atoms with E-state index in [0.717, 1.165) is 18.8 Å². The normalized spacial score (nSPS) is 10.5. The molecule has 0 unspecified atom stereocenters. The Kier molecular flexibility index (Phi) is 4.59. The maximum absolute atomic E-state index is 5.12. The monoisotopic (exact) mass is 311 g/mol. The van der Waals surface area contributed by atoms with Gasteiger partial charge >= 0.3 is 0 Å². The number of halogens is 1. The van der Waals surface area contributed by atoms with Crippen molar-refractivity contribution in [3.05, 3.63) is 50.6 Å². The first-order chi connectivity index (χ1) is 8.28. The summed E-state index contributed by atoms with van der Waals surface area (Å²) >= 11 is 5.22. The molecule has 0 radical (unpaired) electrons. The lowest BCUT2D eigenvalue weighted by Crippen LogP contribution is -2.11. The van der Waals surface area contributed by atoms with Crippen LogP contribution in [-0.4, -0.2) is 7.11 Å². The Morgan fingerprint density at radius 3 is 2.47 bits per heavy atom. The predicted octanol–water partition coefficient (Wildman–Crippen LogP) is 3.81. The Hall–Kier alpha value is -0.840. The van der Waals surface area contributed by atoms with Gasteiger partial charge in [0.1, 0.15) is 5.75 Å². The Bertz CT molecular complexity index is 467. The van der Waals surface area contributed by atoms with E-state index in [1.165, 1.54) is 14.2 Å². The highest BCUT2D eigenvalue weighted by molar-refractivity contribution is 9.11. The molecule has 1 aromatic carbocycles. The molecule has 0 fully saturated rings. The molecule has 0 aliphatic rings. The van der Waals surface area contributed by atoms with Gasteiger partial charge in [-0.05, 0) is 45.8 Å². The summed E-state index contributed by atoms with van der Waals surface area (Å²) in [6.07, 6.45) is 0. The van der Waals surface area contributed by atoms with Crippen molar-refractivity contribution in [2.24, 2.45) is 0 Å². The van der Waals surface area contributed by atoms with Crippen LogP contribution in [0.3, 0.4) is 0 Å². The van der Waals surface area contributed by atoms with Crippen molar-refractivity contribution in [2.45, 2.75) is 13.1 Å². The van der Waals surface area contributed by atoms with E-state index in [1.807, 2.05) is 12.1 Å². The van der Waals surface area contributed by atoms with Crippen LogP contribution in [0, 0.1) is 0 Å². The first kappa shape index (κ1) is 12.6. The number of benzene rings is 1. The minimum Gasteiger partial charge on any atom is -0.497 e. The molecule has 4 heteroatoms. The van der Waals surface area contributed by atoms with E-state index in [2.05, 4.69) is 45.5 Å². The molecular formula is C13H14BrNOS. The summed E-state index contributed by atoms with van der Waals surface area (Å²) in [5.74, 6) is 0.899. The summed E-state index contributed by atoms with van der Waals surface area (Å²) in [5, 5.41) is 3.42. The van der Waals surface area contributed by atoms with Crippen LogP contribution in [-0.2, 0) is 13.1 Å². The standard InChI is InChI=1S/C13H14BrNOS/c1-16-11-4-2-10(3-5-11)8-15-9-12-6-7-13(14)17-12/h2-7,15H,8-9H2,1H3. The molecule has 0 saturated heterocycles. The number of hydrogen-bond acceptors (Lipinski definition) is 3. The molecule has 0 amide bonds. The van der Waals surface area contributed by atoms with E-state index in [9.17, 15) is 0 Å². The third-order valence-corrected chi connectivity index (χ3v) is 4.04. The second kappa shape index (κ2) is 6.19. The van der Waals surface area contributed by atoms with Crippen LogP contribution in [0.4, 0.5) is 0 Å². The summed E-state index contributed by atoms with van der Waals surface area (Å²) in [5.41, 5.74) is 1.27. The smallest absolute Gasteiger partial charge is 0.118 e. The second-order valence-electron chi connectivity index (χ2n) is 3.66. The highest BCUT2D eigenvalue weighted by Gasteiger charge is 1.98. The zero-order chi connectivity index (χ0) is 12.1. The molecule has 0 bridgehead atoms. The number of ether oxygens (including phenoxy) is 1. The third-order valence-electron chi connectivity index (χ3n) is 2.42. The van der Waals surface area contributed by atoms with Crippen molar-refractivity contribution in [3.63, 3.8) is 0 Å². The molecule has 1 N–H and O–H groups in total. The molecule has 90 valence electrons. The molecule has 2 aromatic rings. The third kappa shape index (κ3) is 3.84. The van der Waals surface area contributed by atoms with Crippen LogP contribution in [0.1, 0.15) is 10.4 Å². The van der Waals surface area contributed by atoms with Gasteiger partial charge in [-0.3, -0.25) is 0 Å². The first-order valence-electron chi connectivity index (χ1n) is 5.36. The molecule has 0 aliphatic carbocycles. The highest BCUT2D eigenvalue weighted by atomic mass is 79.9. The van der Waals surface area contributed by atoms with Gasteiger partial charge in [-0.25, -0.2) is 0 Å². The van der Waals surface area contributed by atoms with E-state index in [4.69, 9.17) is 4.74 Å². The van der Waals surface area contributed by atoms with Crippen molar-refractivity contribution in [1.29, 1.82) is 0 Å². The summed E-state index contributed by atoms with van der Waals surface area (Å²) in [7, 11) is 1.68. The topological polar surface area (TPSA) is 21.3 Å². The van der Waals surface area contributed by atoms with E-state index in [1.54, 1.807) is 18.4 Å². The van der Waals surface area contributed by atoms with Gasteiger partial charge < -0.3 is 10.1 Å². The van der Waals surface area contributed by atoms with Gasteiger partial charge in [0.2, 0.25) is 0 Å². The van der Waals surface area contributed by atoms with Crippen molar-refractivity contribution in [2.75, 3.05) is 7.11 Å². The molecular weight excluding hydrogens is 298 g/mol. The van der Waals surface area contributed by atoms with E-state index in [-0.39, 0.29) is 0 Å². The fourth-order valence-electron chi connectivity index (χ4n) is 1.52. The molecule has 0 spiro atoms. The molecule has 1 aromatic heterocycles. The van der Waals surface area contributed by atoms with Gasteiger partial charge in [-0.2, -0.15) is 0 Å². The fourth-order valence-corrected chi connectivity index (χ4v) is 2.97. The van der Waals surface area contributed by atoms with Gasteiger partial charge in [-0.1, -0.05) is 12.1 Å². The number of nitrogens with one attached hydrogen (secondary N) is 1. The minimum atomic E-state index is 0.875. The van der Waals surface area contributed by atoms with Crippen LogP contribution in [0.2, 0.25) is 0 Å². The molecule has 2 nitrogen and oxygen atoms in total.